The van der Waals surface area contributed by atoms with E-state index in [0.717, 1.165) is 24.1 Å². The molecule has 0 unspecified atom stereocenters. The van der Waals surface area contributed by atoms with Gasteiger partial charge < -0.3 is 5.11 Å². The largest absolute Gasteiger partial charge is 0.389 e. The maximum atomic E-state index is 9.85. The van der Waals surface area contributed by atoms with Gasteiger partial charge in [-0.25, -0.2) is 0 Å². The van der Waals surface area contributed by atoms with Crippen molar-refractivity contribution in [2.75, 3.05) is 5.33 Å². The van der Waals surface area contributed by atoms with Crippen LogP contribution in [0, 0.1) is 5.92 Å². The lowest BCUT2D eigenvalue weighted by Gasteiger charge is -2.34. The van der Waals surface area contributed by atoms with Gasteiger partial charge in [0.1, 0.15) is 0 Å². The first kappa shape index (κ1) is 9.53. The van der Waals surface area contributed by atoms with E-state index < -0.39 is 0 Å². The molecule has 0 amide bonds. The van der Waals surface area contributed by atoms with Crippen LogP contribution in [0.1, 0.15) is 39.0 Å². The molecule has 1 nitrogen and oxygen atoms in total. The molecule has 0 bridgehead atoms. The summed E-state index contributed by atoms with van der Waals surface area (Å²) in [5.41, 5.74) is -0.383. The van der Waals surface area contributed by atoms with Crippen molar-refractivity contribution in [1.82, 2.24) is 0 Å². The lowest BCUT2D eigenvalue weighted by atomic mass is 9.79. The van der Waals surface area contributed by atoms with Gasteiger partial charge in [0.25, 0.3) is 0 Å². The Bertz CT molecular complexity index is 117. The van der Waals surface area contributed by atoms with Gasteiger partial charge in [0.05, 0.1) is 5.60 Å². The highest BCUT2D eigenvalue weighted by atomic mass is 79.9. The molecular weight excluding hydrogens is 204 g/mol. The maximum Gasteiger partial charge on any atom is 0.0744 e. The third-order valence-corrected chi connectivity index (χ3v) is 3.91. The minimum absolute atomic E-state index is 0.383. The first-order chi connectivity index (χ1) is 5.20. The third kappa shape index (κ3) is 2.45. The minimum atomic E-state index is -0.383. The molecule has 66 valence electrons. The average molecular weight is 221 g/mol. The van der Waals surface area contributed by atoms with Gasteiger partial charge in [0.15, 0.2) is 0 Å². The molecule has 1 fully saturated rings. The van der Waals surface area contributed by atoms with Gasteiger partial charge in [0, 0.05) is 5.33 Å². The van der Waals surface area contributed by atoms with Crippen LogP contribution in [0.15, 0.2) is 0 Å². The number of rotatable bonds is 2. The van der Waals surface area contributed by atoms with Crippen LogP contribution >= 0.6 is 15.9 Å². The molecular formula is C9H17BrO. The normalized spacial score (nSPS) is 39.0. The zero-order chi connectivity index (χ0) is 8.32. The molecule has 2 heteroatoms. The zero-order valence-corrected chi connectivity index (χ0v) is 8.73. The van der Waals surface area contributed by atoms with Gasteiger partial charge in [-0.15, -0.1) is 0 Å². The third-order valence-electron chi connectivity index (χ3n) is 2.86. The van der Waals surface area contributed by atoms with Gasteiger partial charge in [-0.2, -0.15) is 0 Å². The van der Waals surface area contributed by atoms with E-state index in [9.17, 15) is 5.11 Å². The summed E-state index contributed by atoms with van der Waals surface area (Å²) in [4.78, 5) is 0. The van der Waals surface area contributed by atoms with Crippen LogP contribution in [0.3, 0.4) is 0 Å². The molecule has 1 aliphatic carbocycles. The van der Waals surface area contributed by atoms with Crippen molar-refractivity contribution in [2.45, 2.75) is 44.6 Å². The molecule has 11 heavy (non-hydrogen) atoms. The lowest BCUT2D eigenvalue weighted by molar-refractivity contribution is 0.0132. The standard InChI is InChI=1S/C9H17BrO/c1-2-8-3-5-9(11,7-10)6-4-8/h8,11H,2-7H2,1H3. The SMILES string of the molecule is CCC1CCC(O)(CBr)CC1. The van der Waals surface area contributed by atoms with Gasteiger partial charge in [-0.05, 0) is 31.6 Å². The Hall–Kier alpha value is 0.440. The number of aliphatic hydroxyl groups is 1. The van der Waals surface area contributed by atoms with Crippen LogP contribution in [-0.2, 0) is 0 Å². The van der Waals surface area contributed by atoms with E-state index in [1.807, 2.05) is 0 Å². The molecule has 0 heterocycles. The van der Waals surface area contributed by atoms with Crippen LogP contribution in [0.4, 0.5) is 0 Å². The number of hydrogen-bond donors (Lipinski definition) is 1. The monoisotopic (exact) mass is 220 g/mol. The molecule has 0 saturated heterocycles. The van der Waals surface area contributed by atoms with Crippen LogP contribution in [0.2, 0.25) is 0 Å². The molecule has 1 saturated carbocycles. The van der Waals surface area contributed by atoms with E-state index in [0.29, 0.717) is 0 Å². The van der Waals surface area contributed by atoms with Crippen molar-refractivity contribution >= 4 is 15.9 Å². The first-order valence-corrected chi connectivity index (χ1v) is 5.60. The summed E-state index contributed by atoms with van der Waals surface area (Å²) in [6, 6.07) is 0. The van der Waals surface area contributed by atoms with E-state index >= 15 is 0 Å². The molecule has 1 rings (SSSR count). The predicted molar refractivity (Wildman–Crippen MR) is 51.0 cm³/mol. The van der Waals surface area contributed by atoms with Crippen molar-refractivity contribution in [3.63, 3.8) is 0 Å². The molecule has 0 aromatic carbocycles. The minimum Gasteiger partial charge on any atom is -0.389 e. The summed E-state index contributed by atoms with van der Waals surface area (Å²) in [7, 11) is 0. The lowest BCUT2D eigenvalue weighted by Crippen LogP contribution is -2.35. The van der Waals surface area contributed by atoms with Crippen molar-refractivity contribution in [1.29, 1.82) is 0 Å². The molecule has 0 spiro atoms. The topological polar surface area (TPSA) is 20.2 Å². The Balaban J connectivity index is 2.35. The smallest absolute Gasteiger partial charge is 0.0744 e. The van der Waals surface area contributed by atoms with Gasteiger partial charge in [-0.3, -0.25) is 0 Å². The zero-order valence-electron chi connectivity index (χ0n) is 7.15. The fourth-order valence-electron chi connectivity index (χ4n) is 1.76. The maximum absolute atomic E-state index is 9.85. The number of halogens is 1. The summed E-state index contributed by atoms with van der Waals surface area (Å²) in [6.07, 6.45) is 5.66. The van der Waals surface area contributed by atoms with Gasteiger partial charge in [0.2, 0.25) is 0 Å². The van der Waals surface area contributed by atoms with E-state index in [-0.39, 0.29) is 5.60 Å². The molecule has 1 N–H and O–H groups in total. The van der Waals surface area contributed by atoms with Crippen LogP contribution in [-0.4, -0.2) is 16.0 Å². The van der Waals surface area contributed by atoms with E-state index in [4.69, 9.17) is 0 Å². The molecule has 0 aromatic rings. The summed E-state index contributed by atoms with van der Waals surface area (Å²) in [5, 5.41) is 10.6. The average Bonchev–Trinajstić information content (AvgIpc) is 2.06. The van der Waals surface area contributed by atoms with E-state index in [2.05, 4.69) is 22.9 Å². The summed E-state index contributed by atoms with van der Waals surface area (Å²) < 4.78 is 0. The second-order valence-corrected chi connectivity index (χ2v) is 4.27. The molecule has 1 aliphatic rings. The van der Waals surface area contributed by atoms with Gasteiger partial charge in [-0.1, -0.05) is 29.3 Å². The Morgan fingerprint density at radius 2 is 2.00 bits per heavy atom. The van der Waals surface area contributed by atoms with Crippen molar-refractivity contribution in [3.8, 4) is 0 Å². The second-order valence-electron chi connectivity index (χ2n) is 3.71. The highest BCUT2D eigenvalue weighted by Gasteiger charge is 2.31. The highest BCUT2D eigenvalue weighted by Crippen LogP contribution is 2.34. The van der Waals surface area contributed by atoms with E-state index in [1.54, 1.807) is 0 Å². The number of alkyl halides is 1. The summed E-state index contributed by atoms with van der Waals surface area (Å²) in [5.74, 6) is 0.870. The fraction of sp³-hybridized carbons (Fsp3) is 1.00. The quantitative estimate of drug-likeness (QED) is 0.711. The number of hydrogen-bond acceptors (Lipinski definition) is 1. The molecule has 0 aromatic heterocycles. The van der Waals surface area contributed by atoms with Crippen LogP contribution in [0.25, 0.3) is 0 Å². The van der Waals surface area contributed by atoms with Gasteiger partial charge >= 0.3 is 0 Å². The Labute approximate surface area is 77.3 Å². The first-order valence-electron chi connectivity index (χ1n) is 4.48. The molecule has 0 aliphatic heterocycles. The van der Waals surface area contributed by atoms with E-state index in [1.165, 1.54) is 19.3 Å². The van der Waals surface area contributed by atoms with Crippen molar-refractivity contribution in [2.24, 2.45) is 5.92 Å². The van der Waals surface area contributed by atoms with Crippen LogP contribution < -0.4 is 0 Å². The highest BCUT2D eigenvalue weighted by molar-refractivity contribution is 9.09. The summed E-state index contributed by atoms with van der Waals surface area (Å²) >= 11 is 3.36. The Morgan fingerprint density at radius 3 is 2.36 bits per heavy atom. The fourth-order valence-corrected chi connectivity index (χ4v) is 2.32. The Kier molecular flexibility index (Phi) is 3.38. The van der Waals surface area contributed by atoms with Crippen molar-refractivity contribution in [3.05, 3.63) is 0 Å². The predicted octanol–water partition coefficient (Wildman–Crippen LogP) is 2.71. The Morgan fingerprint density at radius 1 is 1.45 bits per heavy atom. The molecule has 0 atom stereocenters. The summed E-state index contributed by atoms with van der Waals surface area (Å²) in [6.45, 7) is 2.24. The van der Waals surface area contributed by atoms with Crippen molar-refractivity contribution < 1.29 is 5.11 Å². The second kappa shape index (κ2) is 3.90. The molecule has 0 radical (unpaired) electrons. The van der Waals surface area contributed by atoms with Crippen LogP contribution in [0.5, 0.6) is 0 Å².